The van der Waals surface area contributed by atoms with Crippen molar-refractivity contribution in [3.8, 4) is 0 Å². The predicted molar refractivity (Wildman–Crippen MR) is 36.6 cm³/mol. The Balaban J connectivity index is 3.24. The fourth-order valence-electron chi connectivity index (χ4n) is 0.324. The second-order valence-electron chi connectivity index (χ2n) is 1.58. The van der Waals surface area contributed by atoms with Gasteiger partial charge in [0.1, 0.15) is 5.78 Å². The molecule has 0 saturated heterocycles. The first-order chi connectivity index (χ1) is 3.66. The van der Waals surface area contributed by atoms with E-state index in [0.29, 0.717) is 6.42 Å². The van der Waals surface area contributed by atoms with Crippen molar-refractivity contribution in [2.45, 2.75) is 13.3 Å². The van der Waals surface area contributed by atoms with Gasteiger partial charge in [0.15, 0.2) is 0 Å². The number of carbonyl (C=O) groups is 1. The summed E-state index contributed by atoms with van der Waals surface area (Å²) in [7, 11) is 1.74. The highest BCUT2D eigenvalue weighted by atomic mass is 32.1. The maximum atomic E-state index is 10.3. The molecule has 0 aliphatic carbocycles. The van der Waals surface area contributed by atoms with Crippen molar-refractivity contribution >= 4 is 18.4 Å². The fraction of sp³-hybridized carbons (Fsp3) is 0.600. The smallest absolute Gasteiger partial charge is 0.132 e. The first kappa shape index (κ1) is 7.98. The Morgan fingerprint density at radius 2 is 2.25 bits per heavy atom. The lowest BCUT2D eigenvalue weighted by molar-refractivity contribution is -0.116. The fourth-order valence-corrected chi connectivity index (χ4v) is 0.547. The molecule has 0 saturated carbocycles. The SMILES string of the molecule is CN[C](S)CC(C)=O. The van der Waals surface area contributed by atoms with E-state index in [9.17, 15) is 4.79 Å². The van der Waals surface area contributed by atoms with Crippen molar-refractivity contribution in [1.29, 1.82) is 0 Å². The molecular weight excluding hydrogens is 122 g/mol. The molecule has 0 aromatic carbocycles. The first-order valence-electron chi connectivity index (χ1n) is 2.38. The normalized spacial score (nSPS) is 10.0. The Hall–Kier alpha value is -0.0200. The molecule has 2 nitrogen and oxygen atoms in total. The quantitative estimate of drug-likeness (QED) is 0.551. The highest BCUT2D eigenvalue weighted by molar-refractivity contribution is 7.83. The lowest BCUT2D eigenvalue weighted by Crippen LogP contribution is -2.12. The Morgan fingerprint density at radius 1 is 1.75 bits per heavy atom. The van der Waals surface area contributed by atoms with Crippen molar-refractivity contribution < 1.29 is 4.79 Å². The first-order valence-corrected chi connectivity index (χ1v) is 2.83. The summed E-state index contributed by atoms with van der Waals surface area (Å²) >= 11 is 3.95. The van der Waals surface area contributed by atoms with Crippen LogP contribution in [0.2, 0.25) is 0 Å². The summed E-state index contributed by atoms with van der Waals surface area (Å²) in [6.45, 7) is 1.54. The summed E-state index contributed by atoms with van der Waals surface area (Å²) in [6.07, 6.45) is 0.416. The van der Waals surface area contributed by atoms with E-state index in [1.54, 1.807) is 7.05 Å². The number of rotatable bonds is 3. The summed E-state index contributed by atoms with van der Waals surface area (Å²) in [4.78, 5) is 10.3. The van der Waals surface area contributed by atoms with Gasteiger partial charge in [0.2, 0.25) is 0 Å². The van der Waals surface area contributed by atoms with Gasteiger partial charge in [-0.1, -0.05) is 0 Å². The highest BCUT2D eigenvalue weighted by Crippen LogP contribution is 2.04. The Kier molecular flexibility index (Phi) is 3.91. The lowest BCUT2D eigenvalue weighted by Gasteiger charge is -2.02. The van der Waals surface area contributed by atoms with Gasteiger partial charge in [-0.15, -0.1) is 0 Å². The van der Waals surface area contributed by atoms with Gasteiger partial charge in [-0.25, -0.2) is 0 Å². The molecule has 0 rings (SSSR count). The summed E-state index contributed by atoms with van der Waals surface area (Å²) < 4.78 is 0. The summed E-state index contributed by atoms with van der Waals surface area (Å²) in [5.41, 5.74) is 0. The van der Waals surface area contributed by atoms with Gasteiger partial charge >= 0.3 is 0 Å². The van der Waals surface area contributed by atoms with Gasteiger partial charge in [0.25, 0.3) is 0 Å². The van der Waals surface area contributed by atoms with Crippen LogP contribution in [0.3, 0.4) is 0 Å². The van der Waals surface area contributed by atoms with Crippen LogP contribution in [-0.2, 0) is 4.79 Å². The van der Waals surface area contributed by atoms with Crippen LogP contribution in [0, 0.1) is 5.37 Å². The molecule has 0 unspecified atom stereocenters. The average molecular weight is 132 g/mol. The number of Topliss-reactive ketones (excluding diaryl/α,β-unsaturated/α-hetero) is 1. The predicted octanol–water partition coefficient (Wildman–Crippen LogP) is 0.604. The molecule has 0 spiro atoms. The van der Waals surface area contributed by atoms with Crippen molar-refractivity contribution in [2.24, 2.45) is 0 Å². The van der Waals surface area contributed by atoms with Crippen LogP contribution in [0.4, 0.5) is 0 Å². The molecule has 0 bridgehead atoms. The average Bonchev–Trinajstić information content (AvgIpc) is 1.65. The molecule has 0 fully saturated rings. The van der Waals surface area contributed by atoms with Gasteiger partial charge in [0.05, 0.1) is 5.37 Å². The third kappa shape index (κ3) is 4.15. The van der Waals surface area contributed by atoms with Gasteiger partial charge in [-0.3, -0.25) is 4.79 Å². The van der Waals surface area contributed by atoms with E-state index < -0.39 is 0 Å². The topological polar surface area (TPSA) is 29.1 Å². The third-order valence-electron chi connectivity index (χ3n) is 0.705. The van der Waals surface area contributed by atoms with E-state index in [0.717, 1.165) is 5.37 Å². The summed E-state index contributed by atoms with van der Waals surface area (Å²) in [5, 5.41) is 3.48. The molecule has 47 valence electrons. The van der Waals surface area contributed by atoms with E-state index in [2.05, 4.69) is 17.9 Å². The van der Waals surface area contributed by atoms with E-state index in [-0.39, 0.29) is 5.78 Å². The maximum absolute atomic E-state index is 10.3. The number of thiol groups is 1. The molecule has 0 atom stereocenters. The van der Waals surface area contributed by atoms with Crippen LogP contribution in [0.1, 0.15) is 13.3 Å². The molecule has 0 amide bonds. The van der Waals surface area contributed by atoms with Crippen molar-refractivity contribution in [1.82, 2.24) is 5.32 Å². The molecule has 0 aliphatic heterocycles. The standard InChI is InChI=1S/C5H10NOS/c1-4(7)3-5(8)6-2/h6,8H,3H2,1-2H3. The Labute approximate surface area is 55.1 Å². The van der Waals surface area contributed by atoms with Gasteiger partial charge in [-0.05, 0) is 14.0 Å². The van der Waals surface area contributed by atoms with Crippen molar-refractivity contribution in [2.75, 3.05) is 7.05 Å². The summed E-state index contributed by atoms with van der Waals surface area (Å²) in [5.74, 6) is 0.129. The minimum Gasteiger partial charge on any atom is -0.303 e. The van der Waals surface area contributed by atoms with Crippen molar-refractivity contribution in [3.05, 3.63) is 5.37 Å². The molecular formula is C5H10NOS. The zero-order chi connectivity index (χ0) is 6.57. The van der Waals surface area contributed by atoms with Crippen LogP contribution >= 0.6 is 12.6 Å². The van der Waals surface area contributed by atoms with E-state index >= 15 is 0 Å². The Bertz CT molecular complexity index is 84.5. The monoisotopic (exact) mass is 132 g/mol. The van der Waals surface area contributed by atoms with Gasteiger partial charge in [0, 0.05) is 6.42 Å². The number of hydrogen-bond donors (Lipinski definition) is 2. The number of carbonyl (C=O) groups excluding carboxylic acids is 1. The maximum Gasteiger partial charge on any atom is 0.132 e. The zero-order valence-electron chi connectivity index (χ0n) is 5.06. The molecule has 3 heteroatoms. The molecule has 8 heavy (non-hydrogen) atoms. The molecule has 0 heterocycles. The second-order valence-corrected chi connectivity index (χ2v) is 2.12. The van der Waals surface area contributed by atoms with Crippen LogP contribution < -0.4 is 5.32 Å². The van der Waals surface area contributed by atoms with Crippen LogP contribution in [-0.4, -0.2) is 12.8 Å². The van der Waals surface area contributed by atoms with E-state index in [1.807, 2.05) is 0 Å². The third-order valence-corrected chi connectivity index (χ3v) is 1.09. The minimum absolute atomic E-state index is 0.129. The Morgan fingerprint density at radius 3 is 2.38 bits per heavy atom. The summed E-state index contributed by atoms with van der Waals surface area (Å²) in [6, 6.07) is 0. The largest absolute Gasteiger partial charge is 0.303 e. The van der Waals surface area contributed by atoms with Crippen LogP contribution in [0.5, 0.6) is 0 Å². The van der Waals surface area contributed by atoms with Gasteiger partial charge < -0.3 is 5.32 Å². The number of nitrogens with one attached hydrogen (secondary N) is 1. The molecule has 0 aromatic heterocycles. The van der Waals surface area contributed by atoms with Crippen molar-refractivity contribution in [3.63, 3.8) is 0 Å². The van der Waals surface area contributed by atoms with E-state index in [4.69, 9.17) is 0 Å². The second kappa shape index (κ2) is 3.92. The molecule has 1 N–H and O–H groups in total. The number of ketones is 1. The van der Waals surface area contributed by atoms with Crippen LogP contribution in [0.25, 0.3) is 0 Å². The minimum atomic E-state index is 0.129. The molecule has 0 aromatic rings. The number of hydrogen-bond acceptors (Lipinski definition) is 3. The highest BCUT2D eigenvalue weighted by Gasteiger charge is 2.01. The zero-order valence-corrected chi connectivity index (χ0v) is 5.96. The van der Waals surface area contributed by atoms with E-state index in [1.165, 1.54) is 6.92 Å². The van der Waals surface area contributed by atoms with Crippen LogP contribution in [0.15, 0.2) is 0 Å². The lowest BCUT2D eigenvalue weighted by atomic mass is 10.3. The molecule has 1 radical (unpaired) electrons. The van der Waals surface area contributed by atoms with Gasteiger partial charge in [-0.2, -0.15) is 12.6 Å². The molecule has 0 aliphatic rings.